The zero-order valence-electron chi connectivity index (χ0n) is 8.78. The third-order valence-corrected chi connectivity index (χ3v) is 3.04. The summed E-state index contributed by atoms with van der Waals surface area (Å²) < 4.78 is 0.823. The molecule has 15 heavy (non-hydrogen) atoms. The third-order valence-electron chi connectivity index (χ3n) is 2.42. The van der Waals surface area contributed by atoms with Gasteiger partial charge in [-0.05, 0) is 19.3 Å². The van der Waals surface area contributed by atoms with E-state index in [2.05, 4.69) is 22.6 Å². The average molecular weight is 328 g/mol. The topological polar surface area (TPSA) is 74.6 Å². The van der Waals surface area contributed by atoms with Gasteiger partial charge in [0.1, 0.15) is 0 Å². The van der Waals surface area contributed by atoms with Gasteiger partial charge in [0.05, 0.1) is 11.8 Å². The summed E-state index contributed by atoms with van der Waals surface area (Å²) in [4.78, 5) is 21.3. The number of rotatable bonds is 8. The molecule has 4 nitrogen and oxygen atoms in total. The molecule has 0 aromatic heterocycles. The van der Waals surface area contributed by atoms with Crippen molar-refractivity contribution in [2.45, 2.75) is 32.6 Å². The Bertz CT molecular complexity index is 217. The zero-order chi connectivity index (χ0) is 11.8. The van der Waals surface area contributed by atoms with Crippen molar-refractivity contribution in [1.82, 2.24) is 0 Å². The van der Waals surface area contributed by atoms with Gasteiger partial charge in [0.15, 0.2) is 0 Å². The van der Waals surface area contributed by atoms with Gasteiger partial charge in [-0.1, -0.05) is 35.9 Å². The fourth-order valence-corrected chi connectivity index (χ4v) is 2.07. The molecule has 0 rings (SSSR count). The molecule has 5 heteroatoms. The molecule has 88 valence electrons. The van der Waals surface area contributed by atoms with Gasteiger partial charge in [0, 0.05) is 4.43 Å². The van der Waals surface area contributed by atoms with Crippen LogP contribution in [0, 0.1) is 11.8 Å². The van der Waals surface area contributed by atoms with Gasteiger partial charge in [-0.25, -0.2) is 0 Å². The van der Waals surface area contributed by atoms with Crippen molar-refractivity contribution < 1.29 is 19.8 Å². The van der Waals surface area contributed by atoms with Crippen LogP contribution in [0.2, 0.25) is 0 Å². The average Bonchev–Trinajstić information content (AvgIpc) is 2.15. The number of halogens is 1. The van der Waals surface area contributed by atoms with Gasteiger partial charge in [-0.15, -0.1) is 0 Å². The van der Waals surface area contributed by atoms with Gasteiger partial charge in [-0.3, -0.25) is 9.59 Å². The van der Waals surface area contributed by atoms with Crippen LogP contribution in [-0.4, -0.2) is 26.6 Å². The van der Waals surface area contributed by atoms with Gasteiger partial charge in [0.2, 0.25) is 0 Å². The highest BCUT2D eigenvalue weighted by Gasteiger charge is 2.17. The number of carboxylic acid groups (broad SMARTS) is 2. The van der Waals surface area contributed by atoms with Crippen molar-refractivity contribution in [2.24, 2.45) is 11.8 Å². The fourth-order valence-electron chi connectivity index (χ4n) is 1.32. The van der Waals surface area contributed by atoms with Gasteiger partial charge in [-0.2, -0.15) is 0 Å². The van der Waals surface area contributed by atoms with Crippen molar-refractivity contribution >= 4 is 34.5 Å². The number of hydrogen-bond donors (Lipinski definition) is 2. The Morgan fingerprint density at radius 2 is 1.73 bits per heavy atom. The molecular formula is C10H17IO4. The van der Waals surface area contributed by atoms with Crippen molar-refractivity contribution in [3.05, 3.63) is 0 Å². The summed E-state index contributed by atoms with van der Waals surface area (Å²) in [6, 6.07) is 0. The van der Waals surface area contributed by atoms with E-state index < -0.39 is 11.9 Å². The molecule has 2 atom stereocenters. The minimum absolute atomic E-state index is 0.317. The number of hydrogen-bond acceptors (Lipinski definition) is 2. The van der Waals surface area contributed by atoms with Crippen molar-refractivity contribution in [3.8, 4) is 0 Å². The molecule has 0 aromatic rings. The van der Waals surface area contributed by atoms with Crippen LogP contribution in [-0.2, 0) is 9.59 Å². The normalized spacial score (nSPS) is 14.5. The van der Waals surface area contributed by atoms with Crippen LogP contribution in [0.5, 0.6) is 0 Å². The molecule has 0 aliphatic rings. The molecule has 2 N–H and O–H groups in total. The smallest absolute Gasteiger partial charge is 0.306 e. The first-order chi connectivity index (χ1) is 6.99. The van der Waals surface area contributed by atoms with E-state index in [-0.39, 0.29) is 11.8 Å². The van der Waals surface area contributed by atoms with Crippen LogP contribution in [0.25, 0.3) is 0 Å². The summed E-state index contributed by atoms with van der Waals surface area (Å²) >= 11 is 2.15. The third kappa shape index (κ3) is 6.70. The van der Waals surface area contributed by atoms with E-state index >= 15 is 0 Å². The monoisotopic (exact) mass is 328 g/mol. The number of carboxylic acids is 2. The summed E-state index contributed by atoms with van der Waals surface area (Å²) in [5.41, 5.74) is 0. The lowest BCUT2D eigenvalue weighted by Crippen LogP contribution is -2.15. The quantitative estimate of drug-likeness (QED) is 0.530. The van der Waals surface area contributed by atoms with E-state index in [9.17, 15) is 9.59 Å². The maximum atomic E-state index is 10.8. The van der Waals surface area contributed by atoms with Crippen molar-refractivity contribution in [2.75, 3.05) is 4.43 Å². The first-order valence-electron chi connectivity index (χ1n) is 5.00. The summed E-state index contributed by atoms with van der Waals surface area (Å²) in [6.45, 7) is 1.65. The molecule has 0 saturated carbocycles. The molecule has 0 aliphatic heterocycles. The Morgan fingerprint density at radius 1 is 1.13 bits per heavy atom. The van der Waals surface area contributed by atoms with Gasteiger partial charge >= 0.3 is 11.9 Å². The molecule has 0 spiro atoms. The zero-order valence-corrected chi connectivity index (χ0v) is 10.9. The van der Waals surface area contributed by atoms with Gasteiger partial charge < -0.3 is 10.2 Å². The second-order valence-corrected chi connectivity index (χ2v) is 4.76. The van der Waals surface area contributed by atoms with E-state index in [0.29, 0.717) is 25.7 Å². The lowest BCUT2D eigenvalue weighted by atomic mass is 9.96. The van der Waals surface area contributed by atoms with E-state index in [1.54, 1.807) is 6.92 Å². The van der Waals surface area contributed by atoms with Gasteiger partial charge in [0.25, 0.3) is 0 Å². The van der Waals surface area contributed by atoms with Crippen LogP contribution < -0.4 is 0 Å². The van der Waals surface area contributed by atoms with Crippen molar-refractivity contribution in [1.29, 1.82) is 0 Å². The standard InChI is InChI=1S/C10H17IO4/c1-7(9(12)13)3-2-4-8(5-6-11)10(14)15/h7-8H,2-6H2,1H3,(H,12,13)(H,14,15). The Labute approximate surface area is 103 Å². The van der Waals surface area contributed by atoms with E-state index in [1.807, 2.05) is 0 Å². The molecule has 0 radical (unpaired) electrons. The second kappa shape index (κ2) is 7.90. The molecule has 0 aliphatic carbocycles. The second-order valence-electron chi connectivity index (χ2n) is 3.68. The van der Waals surface area contributed by atoms with E-state index in [4.69, 9.17) is 10.2 Å². The summed E-state index contributed by atoms with van der Waals surface area (Å²) in [5.74, 6) is -2.27. The Kier molecular flexibility index (Phi) is 7.72. The molecule has 0 saturated heterocycles. The minimum atomic E-state index is -0.809. The van der Waals surface area contributed by atoms with Crippen LogP contribution in [0.15, 0.2) is 0 Å². The highest BCUT2D eigenvalue weighted by molar-refractivity contribution is 14.1. The minimum Gasteiger partial charge on any atom is -0.481 e. The number of alkyl halides is 1. The van der Waals surface area contributed by atoms with Crippen molar-refractivity contribution in [3.63, 3.8) is 0 Å². The molecular weight excluding hydrogens is 311 g/mol. The first kappa shape index (κ1) is 14.7. The van der Waals surface area contributed by atoms with Crippen LogP contribution >= 0.6 is 22.6 Å². The van der Waals surface area contributed by atoms with Crippen LogP contribution in [0.4, 0.5) is 0 Å². The Morgan fingerprint density at radius 3 is 2.13 bits per heavy atom. The predicted octanol–water partition coefficient (Wildman–Crippen LogP) is 2.40. The molecule has 0 bridgehead atoms. The summed E-state index contributed by atoms with van der Waals surface area (Å²) in [6.07, 6.45) is 2.47. The number of aliphatic carboxylic acids is 2. The van der Waals surface area contributed by atoms with E-state index in [0.717, 1.165) is 4.43 Å². The maximum absolute atomic E-state index is 10.8. The summed E-state index contributed by atoms with van der Waals surface area (Å²) in [5, 5.41) is 17.5. The molecule has 0 aromatic carbocycles. The maximum Gasteiger partial charge on any atom is 0.306 e. The lowest BCUT2D eigenvalue weighted by molar-refractivity contribution is -0.142. The molecule has 0 heterocycles. The predicted molar refractivity (Wildman–Crippen MR) is 65.3 cm³/mol. The highest BCUT2D eigenvalue weighted by Crippen LogP contribution is 2.17. The lowest BCUT2D eigenvalue weighted by Gasteiger charge is -2.11. The molecule has 2 unspecified atom stereocenters. The largest absolute Gasteiger partial charge is 0.481 e. The molecule has 0 amide bonds. The number of carbonyl (C=O) groups is 2. The van der Waals surface area contributed by atoms with Crippen LogP contribution in [0.3, 0.4) is 0 Å². The Hall–Kier alpha value is -0.330. The summed E-state index contributed by atoms with van der Waals surface area (Å²) in [7, 11) is 0. The highest BCUT2D eigenvalue weighted by atomic mass is 127. The van der Waals surface area contributed by atoms with E-state index in [1.165, 1.54) is 0 Å². The fraction of sp³-hybridized carbons (Fsp3) is 0.800. The Balaban J connectivity index is 3.80. The van der Waals surface area contributed by atoms with Crippen LogP contribution in [0.1, 0.15) is 32.6 Å². The molecule has 0 fully saturated rings. The SMILES string of the molecule is CC(CCCC(CCI)C(=O)O)C(=O)O. The first-order valence-corrected chi connectivity index (χ1v) is 6.53.